The average Bonchev–Trinajstić information content (AvgIpc) is 3.21. The van der Waals surface area contributed by atoms with Crippen LogP contribution < -0.4 is 4.72 Å². The lowest BCUT2D eigenvalue weighted by Crippen LogP contribution is -2.15. The second-order valence-electron chi connectivity index (χ2n) is 7.40. The van der Waals surface area contributed by atoms with Crippen LogP contribution in [0.4, 0.5) is 10.7 Å². The van der Waals surface area contributed by atoms with Crippen molar-refractivity contribution >= 4 is 38.0 Å². The third kappa shape index (κ3) is 4.23. The van der Waals surface area contributed by atoms with E-state index in [0.29, 0.717) is 5.56 Å². The molecule has 0 spiro atoms. The van der Waals surface area contributed by atoms with Crippen molar-refractivity contribution in [2.24, 2.45) is 0 Å². The van der Waals surface area contributed by atoms with Gasteiger partial charge in [-0.15, -0.1) is 11.3 Å². The maximum absolute atomic E-state index is 12.9. The number of esters is 1. The predicted molar refractivity (Wildman–Crippen MR) is 122 cm³/mol. The number of nitro groups is 1. The fraction of sp³-hybridized carbons (Fsp3) is 0.227. The van der Waals surface area contributed by atoms with Gasteiger partial charge in [-0.3, -0.25) is 14.8 Å². The van der Waals surface area contributed by atoms with Crippen LogP contribution in [0.25, 0.3) is 11.1 Å². The van der Waals surface area contributed by atoms with Gasteiger partial charge in [0.25, 0.3) is 15.7 Å². The van der Waals surface area contributed by atoms with E-state index in [2.05, 4.69) is 10.8 Å². The summed E-state index contributed by atoms with van der Waals surface area (Å²) in [6, 6.07) is 10.7. The van der Waals surface area contributed by atoms with Crippen molar-refractivity contribution in [1.29, 1.82) is 0 Å². The maximum Gasteiger partial charge on any atom is 0.341 e. The first-order valence-corrected chi connectivity index (χ1v) is 12.3. The topological polar surface area (TPSA) is 116 Å². The summed E-state index contributed by atoms with van der Waals surface area (Å²) in [4.78, 5) is 22.7. The Bertz CT molecular complexity index is 1310. The Balaban J connectivity index is 1.74. The molecular formula is C22H20N2O6S2. The summed E-state index contributed by atoms with van der Waals surface area (Å²) < 4.78 is 33.1. The van der Waals surface area contributed by atoms with Gasteiger partial charge in [0.15, 0.2) is 0 Å². The highest BCUT2D eigenvalue weighted by atomic mass is 32.2. The van der Waals surface area contributed by atoms with Gasteiger partial charge in [-0.25, -0.2) is 13.2 Å². The molecule has 1 heterocycles. The Kier molecular flexibility index (Phi) is 5.98. The first kappa shape index (κ1) is 22.0. The van der Waals surface area contributed by atoms with E-state index in [1.165, 1.54) is 36.4 Å². The van der Waals surface area contributed by atoms with Gasteiger partial charge < -0.3 is 4.74 Å². The van der Waals surface area contributed by atoms with Gasteiger partial charge in [0.2, 0.25) is 0 Å². The molecule has 32 heavy (non-hydrogen) atoms. The lowest BCUT2D eigenvalue weighted by molar-refractivity contribution is -0.385. The largest absolute Gasteiger partial charge is 0.465 e. The number of anilines is 1. The van der Waals surface area contributed by atoms with E-state index < -0.39 is 20.9 Å². The molecule has 1 N–H and O–H groups in total. The minimum absolute atomic E-state index is 0.0936. The summed E-state index contributed by atoms with van der Waals surface area (Å²) in [5.41, 5.74) is 3.68. The smallest absolute Gasteiger partial charge is 0.341 e. The number of nitro benzene ring substituents is 1. The Morgan fingerprint density at radius 2 is 1.88 bits per heavy atom. The molecule has 3 aromatic rings. The number of thiophene rings is 1. The number of aryl methyl sites for hydroxylation is 2. The lowest BCUT2D eigenvalue weighted by Gasteiger charge is -2.17. The van der Waals surface area contributed by atoms with E-state index in [1.807, 2.05) is 12.1 Å². The van der Waals surface area contributed by atoms with Crippen LogP contribution in [0.3, 0.4) is 0 Å². The Morgan fingerprint density at radius 1 is 1.12 bits per heavy atom. The number of rotatable bonds is 6. The molecule has 1 aliphatic carbocycles. The second kappa shape index (κ2) is 8.71. The van der Waals surface area contributed by atoms with Gasteiger partial charge in [0, 0.05) is 23.1 Å². The van der Waals surface area contributed by atoms with Crippen LogP contribution in [0.2, 0.25) is 0 Å². The van der Waals surface area contributed by atoms with E-state index in [0.717, 1.165) is 48.6 Å². The first-order chi connectivity index (χ1) is 15.3. The fourth-order valence-corrected chi connectivity index (χ4v) is 6.12. The molecule has 0 saturated heterocycles. The second-order valence-corrected chi connectivity index (χ2v) is 9.96. The van der Waals surface area contributed by atoms with Crippen molar-refractivity contribution in [3.63, 3.8) is 0 Å². The van der Waals surface area contributed by atoms with Gasteiger partial charge in [-0.05, 0) is 48.4 Å². The maximum atomic E-state index is 12.9. The Morgan fingerprint density at radius 3 is 2.59 bits per heavy atom. The summed E-state index contributed by atoms with van der Waals surface area (Å²) in [7, 11) is -2.94. The zero-order valence-corrected chi connectivity index (χ0v) is 18.8. The minimum Gasteiger partial charge on any atom is -0.465 e. The quantitative estimate of drug-likeness (QED) is 0.313. The van der Waals surface area contributed by atoms with Crippen LogP contribution in [0.5, 0.6) is 0 Å². The van der Waals surface area contributed by atoms with Crippen LogP contribution in [-0.2, 0) is 27.6 Å². The van der Waals surface area contributed by atoms with Gasteiger partial charge in [-0.2, -0.15) is 0 Å². The third-order valence-electron chi connectivity index (χ3n) is 5.41. The monoisotopic (exact) mass is 472 g/mol. The molecule has 2 aromatic carbocycles. The summed E-state index contributed by atoms with van der Waals surface area (Å²) in [6.45, 7) is 0. The summed E-state index contributed by atoms with van der Waals surface area (Å²) >= 11 is 1.06. The molecule has 0 bridgehead atoms. The number of methoxy groups -OCH3 is 1. The predicted octanol–water partition coefficient (Wildman–Crippen LogP) is 4.79. The fourth-order valence-electron chi connectivity index (χ4n) is 3.80. The number of ether oxygens (including phenoxy) is 1. The number of nitrogens with zero attached hydrogens (tertiary/aromatic N) is 1. The van der Waals surface area contributed by atoms with Crippen molar-refractivity contribution in [3.8, 4) is 11.1 Å². The number of hydrogen-bond acceptors (Lipinski definition) is 7. The molecule has 0 unspecified atom stereocenters. The molecule has 1 aromatic heterocycles. The minimum atomic E-state index is -4.17. The van der Waals surface area contributed by atoms with Crippen LogP contribution in [0.15, 0.2) is 52.7 Å². The molecule has 4 rings (SSSR count). The van der Waals surface area contributed by atoms with E-state index in [9.17, 15) is 23.3 Å². The SMILES string of the molecule is COC(=O)c1c(-c2ccc3c(c2)CCCC3)csc1NS(=O)(=O)c1cccc([N+](=O)[O-])c1. The number of carbonyl (C=O) groups excluding carboxylic acids is 1. The van der Waals surface area contributed by atoms with E-state index in [4.69, 9.17) is 4.74 Å². The molecule has 0 atom stereocenters. The third-order valence-corrected chi connectivity index (χ3v) is 7.78. The number of hydrogen-bond donors (Lipinski definition) is 1. The summed E-state index contributed by atoms with van der Waals surface area (Å²) in [5, 5.41) is 12.8. The zero-order chi connectivity index (χ0) is 22.9. The van der Waals surface area contributed by atoms with Crippen molar-refractivity contribution in [2.45, 2.75) is 30.6 Å². The number of nitrogens with one attached hydrogen (secondary N) is 1. The van der Waals surface area contributed by atoms with Gasteiger partial charge in [0.05, 0.1) is 16.9 Å². The molecule has 8 nitrogen and oxygen atoms in total. The lowest BCUT2D eigenvalue weighted by atomic mass is 9.89. The van der Waals surface area contributed by atoms with Crippen LogP contribution in [-0.4, -0.2) is 26.4 Å². The highest BCUT2D eigenvalue weighted by molar-refractivity contribution is 7.93. The molecule has 166 valence electrons. The van der Waals surface area contributed by atoms with Crippen molar-refractivity contribution in [2.75, 3.05) is 11.8 Å². The standard InChI is InChI=1S/C22H20N2O6S2/c1-30-22(25)20-19(16-10-9-14-5-2-3-6-15(14)11-16)13-31-21(20)23-32(28,29)18-8-4-7-17(12-18)24(26)27/h4,7-13,23H,2-3,5-6H2,1H3. The number of fused-ring (bicyclic) bond motifs is 1. The molecule has 1 aliphatic rings. The number of non-ortho nitro benzene ring substituents is 1. The number of carbonyl (C=O) groups is 1. The molecule has 0 radical (unpaired) electrons. The van der Waals surface area contributed by atoms with Crippen LogP contribution >= 0.6 is 11.3 Å². The first-order valence-electron chi connectivity index (χ1n) is 9.89. The molecule has 0 aliphatic heterocycles. The zero-order valence-electron chi connectivity index (χ0n) is 17.2. The molecular weight excluding hydrogens is 452 g/mol. The summed E-state index contributed by atoms with van der Waals surface area (Å²) in [6.07, 6.45) is 4.25. The highest BCUT2D eigenvalue weighted by Gasteiger charge is 2.26. The van der Waals surface area contributed by atoms with Gasteiger partial charge >= 0.3 is 5.97 Å². The van der Waals surface area contributed by atoms with E-state index in [-0.39, 0.29) is 21.1 Å². The van der Waals surface area contributed by atoms with E-state index in [1.54, 1.807) is 5.38 Å². The normalized spacial score (nSPS) is 13.3. The van der Waals surface area contributed by atoms with Crippen molar-refractivity contribution < 1.29 is 22.9 Å². The molecule has 0 fully saturated rings. The number of sulfonamides is 1. The highest BCUT2D eigenvalue weighted by Crippen LogP contribution is 2.38. The Labute approximate surface area is 189 Å². The summed E-state index contributed by atoms with van der Waals surface area (Å²) in [5.74, 6) is -0.671. The van der Waals surface area contributed by atoms with Crippen LogP contribution in [0.1, 0.15) is 34.3 Å². The van der Waals surface area contributed by atoms with E-state index >= 15 is 0 Å². The van der Waals surface area contributed by atoms with Crippen LogP contribution in [0, 0.1) is 10.1 Å². The number of benzene rings is 2. The molecule has 0 saturated carbocycles. The van der Waals surface area contributed by atoms with Crippen molar-refractivity contribution in [1.82, 2.24) is 0 Å². The average molecular weight is 473 g/mol. The van der Waals surface area contributed by atoms with Gasteiger partial charge in [0.1, 0.15) is 10.6 Å². The molecule has 0 amide bonds. The van der Waals surface area contributed by atoms with Gasteiger partial charge in [-0.1, -0.05) is 24.3 Å². The Hall–Kier alpha value is -3.24. The van der Waals surface area contributed by atoms with Crippen molar-refractivity contribution in [3.05, 3.63) is 74.6 Å². The molecule has 10 heteroatoms.